The van der Waals surface area contributed by atoms with Crippen LogP contribution in [-0.4, -0.2) is 35.0 Å². The van der Waals surface area contributed by atoms with Gasteiger partial charge in [-0.05, 0) is 25.0 Å². The molecule has 1 saturated heterocycles. The first kappa shape index (κ1) is 12.8. The first-order valence-corrected chi connectivity index (χ1v) is 6.96. The summed E-state index contributed by atoms with van der Waals surface area (Å²) >= 11 is 0. The van der Waals surface area contributed by atoms with Gasteiger partial charge in [0.05, 0.1) is 5.52 Å². The minimum atomic E-state index is 0.0318. The maximum Gasteiger partial charge on any atom is 0.217 e. The highest BCUT2D eigenvalue weighted by Gasteiger charge is 2.22. The summed E-state index contributed by atoms with van der Waals surface area (Å²) in [5.41, 5.74) is 0.958. The van der Waals surface area contributed by atoms with Crippen molar-refractivity contribution in [3.63, 3.8) is 0 Å². The number of hydrogen-bond donors (Lipinski definition) is 1. The Kier molecular flexibility index (Phi) is 3.50. The third kappa shape index (κ3) is 2.57. The Hall–Kier alpha value is -2.17. The van der Waals surface area contributed by atoms with E-state index in [0.29, 0.717) is 0 Å². The molecule has 1 aliphatic rings. The Balaban J connectivity index is 1.88. The van der Waals surface area contributed by atoms with Crippen molar-refractivity contribution in [2.45, 2.75) is 25.8 Å². The topological polar surface area (TPSA) is 58.1 Å². The molecule has 1 fully saturated rings. The van der Waals surface area contributed by atoms with E-state index in [-0.39, 0.29) is 11.9 Å². The van der Waals surface area contributed by atoms with Gasteiger partial charge < -0.3 is 10.2 Å². The first-order valence-electron chi connectivity index (χ1n) is 6.96. The van der Waals surface area contributed by atoms with E-state index >= 15 is 0 Å². The van der Waals surface area contributed by atoms with Crippen molar-refractivity contribution in [2.24, 2.45) is 0 Å². The van der Waals surface area contributed by atoms with Crippen LogP contribution in [0.15, 0.2) is 30.6 Å². The number of hydrogen-bond acceptors (Lipinski definition) is 4. The number of carbonyl (C=O) groups is 1. The highest BCUT2D eigenvalue weighted by Crippen LogP contribution is 2.25. The van der Waals surface area contributed by atoms with Gasteiger partial charge in [-0.3, -0.25) is 4.79 Å². The van der Waals surface area contributed by atoms with Crippen LogP contribution in [0, 0.1) is 0 Å². The zero-order chi connectivity index (χ0) is 13.9. The van der Waals surface area contributed by atoms with Gasteiger partial charge in [0.2, 0.25) is 5.91 Å². The van der Waals surface area contributed by atoms with Crippen LogP contribution in [-0.2, 0) is 4.79 Å². The second kappa shape index (κ2) is 5.45. The van der Waals surface area contributed by atoms with E-state index in [1.807, 2.05) is 24.3 Å². The van der Waals surface area contributed by atoms with Gasteiger partial charge in [-0.15, -0.1) is 0 Å². The summed E-state index contributed by atoms with van der Waals surface area (Å²) in [5, 5.41) is 4.07. The molecule has 1 aliphatic heterocycles. The van der Waals surface area contributed by atoms with Gasteiger partial charge in [0.25, 0.3) is 0 Å². The number of para-hydroxylation sites is 1. The van der Waals surface area contributed by atoms with E-state index in [1.54, 1.807) is 13.3 Å². The predicted octanol–water partition coefficient (Wildman–Crippen LogP) is 1.73. The van der Waals surface area contributed by atoms with Crippen molar-refractivity contribution in [1.29, 1.82) is 0 Å². The summed E-state index contributed by atoms with van der Waals surface area (Å²) in [6.07, 6.45) is 3.70. The Morgan fingerprint density at radius 1 is 1.35 bits per heavy atom. The average molecular weight is 270 g/mol. The Morgan fingerprint density at radius 3 is 3.05 bits per heavy atom. The Bertz CT molecular complexity index is 623. The second-order valence-corrected chi connectivity index (χ2v) is 5.20. The van der Waals surface area contributed by atoms with Crippen LogP contribution in [0.5, 0.6) is 0 Å². The van der Waals surface area contributed by atoms with Crippen molar-refractivity contribution in [2.75, 3.05) is 18.0 Å². The van der Waals surface area contributed by atoms with Gasteiger partial charge in [-0.25, -0.2) is 9.97 Å². The molecule has 3 rings (SSSR count). The van der Waals surface area contributed by atoms with E-state index in [4.69, 9.17) is 0 Å². The fourth-order valence-electron chi connectivity index (χ4n) is 2.82. The number of carbonyl (C=O) groups excluding carboxylic acids is 1. The molecule has 2 aromatic rings. The second-order valence-electron chi connectivity index (χ2n) is 5.20. The van der Waals surface area contributed by atoms with Crippen LogP contribution < -0.4 is 10.2 Å². The van der Waals surface area contributed by atoms with E-state index < -0.39 is 0 Å². The highest BCUT2D eigenvalue weighted by atomic mass is 16.1. The minimum Gasteiger partial charge on any atom is -0.354 e. The van der Waals surface area contributed by atoms with E-state index in [1.165, 1.54) is 0 Å². The van der Waals surface area contributed by atoms with Crippen LogP contribution >= 0.6 is 0 Å². The lowest BCUT2D eigenvalue weighted by Crippen LogP contribution is -2.47. The summed E-state index contributed by atoms with van der Waals surface area (Å²) in [7, 11) is 0. The third-order valence-electron chi connectivity index (χ3n) is 3.65. The number of nitrogens with one attached hydrogen (secondary N) is 1. The molecule has 0 saturated carbocycles. The molecule has 0 radical (unpaired) electrons. The number of rotatable bonds is 2. The third-order valence-corrected chi connectivity index (χ3v) is 3.65. The molecule has 0 aliphatic carbocycles. The number of aromatic nitrogens is 2. The van der Waals surface area contributed by atoms with Gasteiger partial charge in [0.15, 0.2) is 0 Å². The summed E-state index contributed by atoms with van der Waals surface area (Å²) in [5.74, 6) is 0.995. The number of piperidine rings is 1. The van der Waals surface area contributed by atoms with Crippen LogP contribution in [0.2, 0.25) is 0 Å². The molecule has 104 valence electrons. The minimum absolute atomic E-state index is 0.0318. The van der Waals surface area contributed by atoms with Crippen LogP contribution in [0.3, 0.4) is 0 Å². The molecule has 1 amide bonds. The standard InChI is InChI=1S/C15H18N4O/c1-11(20)18-12-5-4-8-19(9-12)15-13-6-2-3-7-14(13)16-10-17-15/h2-3,6-7,10,12H,4-5,8-9H2,1H3,(H,18,20). The molecule has 20 heavy (non-hydrogen) atoms. The fourth-order valence-corrected chi connectivity index (χ4v) is 2.82. The van der Waals surface area contributed by atoms with Crippen molar-refractivity contribution in [3.05, 3.63) is 30.6 Å². The smallest absolute Gasteiger partial charge is 0.217 e. The molecule has 0 bridgehead atoms. The van der Waals surface area contributed by atoms with Gasteiger partial charge in [0, 0.05) is 31.4 Å². The summed E-state index contributed by atoms with van der Waals surface area (Å²) < 4.78 is 0. The van der Waals surface area contributed by atoms with Crippen LogP contribution in [0.25, 0.3) is 10.9 Å². The number of anilines is 1. The molecule has 1 aromatic heterocycles. The van der Waals surface area contributed by atoms with Crippen molar-refractivity contribution in [3.8, 4) is 0 Å². The molecule has 1 aromatic carbocycles. The van der Waals surface area contributed by atoms with Gasteiger partial charge in [-0.2, -0.15) is 0 Å². The lowest BCUT2D eigenvalue weighted by atomic mass is 10.1. The average Bonchev–Trinajstić information content (AvgIpc) is 2.46. The van der Waals surface area contributed by atoms with Gasteiger partial charge >= 0.3 is 0 Å². The number of fused-ring (bicyclic) bond motifs is 1. The quantitative estimate of drug-likeness (QED) is 0.903. The first-order chi connectivity index (χ1) is 9.74. The molecular weight excluding hydrogens is 252 g/mol. The van der Waals surface area contributed by atoms with Gasteiger partial charge in [0.1, 0.15) is 12.1 Å². The normalized spacial score (nSPS) is 19.1. The zero-order valence-corrected chi connectivity index (χ0v) is 11.5. The van der Waals surface area contributed by atoms with Gasteiger partial charge in [-0.1, -0.05) is 12.1 Å². The van der Waals surface area contributed by atoms with E-state index in [9.17, 15) is 4.79 Å². The maximum absolute atomic E-state index is 11.2. The predicted molar refractivity (Wildman–Crippen MR) is 78.6 cm³/mol. The molecule has 2 heterocycles. The number of nitrogens with zero attached hydrogens (tertiary/aromatic N) is 3. The maximum atomic E-state index is 11.2. The summed E-state index contributed by atoms with van der Waals surface area (Å²) in [4.78, 5) is 22.2. The largest absolute Gasteiger partial charge is 0.354 e. The molecule has 1 N–H and O–H groups in total. The highest BCUT2D eigenvalue weighted by molar-refractivity contribution is 5.89. The zero-order valence-electron chi connectivity index (χ0n) is 11.5. The fraction of sp³-hybridized carbons (Fsp3) is 0.400. The van der Waals surface area contributed by atoms with Crippen LogP contribution in [0.1, 0.15) is 19.8 Å². The summed E-state index contributed by atoms with van der Waals surface area (Å²) in [6.45, 7) is 3.34. The Labute approximate surface area is 118 Å². The van der Waals surface area contributed by atoms with Crippen molar-refractivity contribution < 1.29 is 4.79 Å². The number of benzene rings is 1. The molecule has 1 atom stereocenters. The van der Waals surface area contributed by atoms with Crippen molar-refractivity contribution in [1.82, 2.24) is 15.3 Å². The van der Waals surface area contributed by atoms with Crippen LogP contribution in [0.4, 0.5) is 5.82 Å². The molecule has 5 nitrogen and oxygen atoms in total. The van der Waals surface area contributed by atoms with Crippen molar-refractivity contribution >= 4 is 22.6 Å². The number of amides is 1. The lowest BCUT2D eigenvalue weighted by Gasteiger charge is -2.34. The molecule has 1 unspecified atom stereocenters. The Morgan fingerprint density at radius 2 is 2.20 bits per heavy atom. The lowest BCUT2D eigenvalue weighted by molar-refractivity contribution is -0.119. The molecule has 5 heteroatoms. The molecule has 0 spiro atoms. The molecular formula is C15H18N4O. The monoisotopic (exact) mass is 270 g/mol. The SMILES string of the molecule is CC(=O)NC1CCCN(c2ncnc3ccccc23)C1. The van der Waals surface area contributed by atoms with E-state index in [0.717, 1.165) is 42.7 Å². The summed E-state index contributed by atoms with van der Waals surface area (Å²) in [6, 6.07) is 8.23. The van der Waals surface area contributed by atoms with E-state index in [2.05, 4.69) is 20.2 Å².